The summed E-state index contributed by atoms with van der Waals surface area (Å²) in [6.45, 7) is 8.60. The summed E-state index contributed by atoms with van der Waals surface area (Å²) in [4.78, 5) is 37.0. The number of amides is 2. The van der Waals surface area contributed by atoms with Gasteiger partial charge in [-0.25, -0.2) is 9.97 Å². The Hall–Kier alpha value is -3.20. The quantitative estimate of drug-likeness (QED) is 0.575. The van der Waals surface area contributed by atoms with E-state index in [4.69, 9.17) is 5.73 Å². The number of hydrogen-bond acceptors (Lipinski definition) is 7. The number of nitrogens with two attached hydrogens (primary N) is 1. The summed E-state index contributed by atoms with van der Waals surface area (Å²) in [6, 6.07) is 8.41. The molecule has 2 saturated heterocycles. The summed E-state index contributed by atoms with van der Waals surface area (Å²) in [6.07, 6.45) is 5.79. The summed E-state index contributed by atoms with van der Waals surface area (Å²) in [5.74, 6) is 0.911. The molecule has 4 rings (SSSR count). The minimum atomic E-state index is -0.629. The highest BCUT2D eigenvalue weighted by molar-refractivity contribution is 5.96. The molecule has 0 bridgehead atoms. The van der Waals surface area contributed by atoms with E-state index < -0.39 is 5.91 Å². The molecular weight excluding hydrogens is 430 g/mol. The maximum atomic E-state index is 12.0. The molecular formula is C25H35N7O2. The van der Waals surface area contributed by atoms with E-state index in [0.29, 0.717) is 24.1 Å². The van der Waals surface area contributed by atoms with E-state index in [2.05, 4.69) is 49.5 Å². The Labute approximate surface area is 201 Å². The zero-order chi connectivity index (χ0) is 24.1. The molecule has 1 aromatic carbocycles. The molecule has 9 heteroatoms. The average Bonchev–Trinajstić information content (AvgIpc) is 2.84. The monoisotopic (exact) mass is 465 g/mol. The average molecular weight is 466 g/mol. The smallest absolute Gasteiger partial charge is 0.271 e. The van der Waals surface area contributed by atoms with Crippen LogP contribution in [-0.4, -0.2) is 65.4 Å². The van der Waals surface area contributed by atoms with Gasteiger partial charge in [-0.1, -0.05) is 19.1 Å². The van der Waals surface area contributed by atoms with Gasteiger partial charge in [0.2, 0.25) is 5.91 Å². The Kier molecular flexibility index (Phi) is 7.62. The second kappa shape index (κ2) is 10.8. The maximum absolute atomic E-state index is 12.0. The third-order valence-electron chi connectivity index (χ3n) is 6.83. The number of primary amides is 1. The van der Waals surface area contributed by atoms with Gasteiger partial charge < -0.3 is 26.2 Å². The maximum Gasteiger partial charge on any atom is 0.271 e. The molecule has 182 valence electrons. The van der Waals surface area contributed by atoms with Crippen molar-refractivity contribution in [3.05, 3.63) is 41.7 Å². The summed E-state index contributed by atoms with van der Waals surface area (Å²) >= 11 is 0. The van der Waals surface area contributed by atoms with Crippen molar-refractivity contribution in [2.24, 2.45) is 5.73 Å². The first kappa shape index (κ1) is 23.9. The van der Waals surface area contributed by atoms with E-state index >= 15 is 0 Å². The van der Waals surface area contributed by atoms with E-state index in [1.807, 2.05) is 12.1 Å². The van der Waals surface area contributed by atoms with Crippen molar-refractivity contribution in [1.82, 2.24) is 20.2 Å². The summed E-state index contributed by atoms with van der Waals surface area (Å²) < 4.78 is 0. The van der Waals surface area contributed by atoms with E-state index in [1.165, 1.54) is 25.3 Å². The van der Waals surface area contributed by atoms with Crippen LogP contribution < -0.4 is 21.3 Å². The Bertz CT molecular complexity index is 1000. The van der Waals surface area contributed by atoms with Gasteiger partial charge in [0.1, 0.15) is 5.82 Å². The number of piperidine rings is 2. The summed E-state index contributed by atoms with van der Waals surface area (Å²) in [7, 11) is 0. The fourth-order valence-corrected chi connectivity index (χ4v) is 4.95. The third kappa shape index (κ3) is 5.83. The standard InChI is InChI=1S/C25H35N7O2/c1-3-31-13-10-19(11-14-31)18-6-8-20(9-7-18)29-25-23(24(26)34)27-15-22(30-25)32-12-4-5-21(16-32)28-17(2)33/h6-9,15,19,21H,3-5,10-14,16H2,1-2H3,(H2,26,34)(H,28,33)(H,29,30)/t21-/m1/s1. The molecule has 0 saturated carbocycles. The van der Waals surface area contributed by atoms with Crippen molar-refractivity contribution < 1.29 is 9.59 Å². The fourth-order valence-electron chi connectivity index (χ4n) is 4.95. The summed E-state index contributed by atoms with van der Waals surface area (Å²) in [5, 5.41) is 6.23. The second-order valence-corrected chi connectivity index (χ2v) is 9.23. The third-order valence-corrected chi connectivity index (χ3v) is 6.83. The fraction of sp³-hybridized carbons (Fsp3) is 0.520. The number of benzene rings is 1. The van der Waals surface area contributed by atoms with Crippen LogP contribution in [0, 0.1) is 0 Å². The molecule has 1 aromatic heterocycles. The van der Waals surface area contributed by atoms with Crippen LogP contribution in [0.1, 0.15) is 61.5 Å². The van der Waals surface area contributed by atoms with Crippen LogP contribution in [-0.2, 0) is 4.79 Å². The number of carbonyl (C=O) groups excluding carboxylic acids is 2. The predicted octanol–water partition coefficient (Wildman–Crippen LogP) is 2.62. The molecule has 2 aliphatic rings. The lowest BCUT2D eigenvalue weighted by atomic mass is 9.89. The second-order valence-electron chi connectivity index (χ2n) is 9.23. The van der Waals surface area contributed by atoms with Gasteiger partial charge >= 0.3 is 0 Å². The highest BCUT2D eigenvalue weighted by Crippen LogP contribution is 2.30. The van der Waals surface area contributed by atoms with Gasteiger partial charge in [-0.05, 0) is 68.9 Å². The molecule has 2 aliphatic heterocycles. The number of nitrogens with zero attached hydrogens (tertiary/aromatic N) is 4. The van der Waals surface area contributed by atoms with E-state index in [1.54, 1.807) is 6.20 Å². The van der Waals surface area contributed by atoms with Crippen molar-refractivity contribution in [2.75, 3.05) is 42.9 Å². The van der Waals surface area contributed by atoms with Gasteiger partial charge in [0.25, 0.3) is 5.91 Å². The molecule has 2 amide bonds. The van der Waals surface area contributed by atoms with E-state index in [-0.39, 0.29) is 17.6 Å². The molecule has 2 fully saturated rings. The minimum absolute atomic E-state index is 0.0382. The highest BCUT2D eigenvalue weighted by atomic mass is 16.1. The minimum Gasteiger partial charge on any atom is -0.364 e. The molecule has 1 atom stereocenters. The number of nitrogens with one attached hydrogen (secondary N) is 2. The van der Waals surface area contributed by atoms with Gasteiger partial charge in [-0.2, -0.15) is 0 Å². The highest BCUT2D eigenvalue weighted by Gasteiger charge is 2.24. The first-order valence-electron chi connectivity index (χ1n) is 12.2. The molecule has 0 spiro atoms. The Morgan fingerprint density at radius 3 is 2.50 bits per heavy atom. The van der Waals surface area contributed by atoms with Crippen LogP contribution >= 0.6 is 0 Å². The lowest BCUT2D eigenvalue weighted by Crippen LogP contribution is -2.47. The van der Waals surface area contributed by atoms with Gasteiger partial charge in [0.05, 0.1) is 6.20 Å². The number of likely N-dealkylation sites (tertiary alicyclic amines) is 1. The van der Waals surface area contributed by atoms with Crippen molar-refractivity contribution in [1.29, 1.82) is 0 Å². The number of hydrogen-bond donors (Lipinski definition) is 3. The molecule has 0 aliphatic carbocycles. The van der Waals surface area contributed by atoms with Crippen LogP contribution in [0.5, 0.6) is 0 Å². The topological polar surface area (TPSA) is 116 Å². The molecule has 0 unspecified atom stereocenters. The van der Waals surface area contributed by atoms with Gasteiger partial charge in [0, 0.05) is 31.7 Å². The number of anilines is 3. The number of aromatic nitrogens is 2. The van der Waals surface area contributed by atoms with Crippen molar-refractivity contribution in [3.63, 3.8) is 0 Å². The normalized spacial score (nSPS) is 19.6. The summed E-state index contributed by atoms with van der Waals surface area (Å²) in [5.41, 5.74) is 7.85. The zero-order valence-corrected chi connectivity index (χ0v) is 20.1. The van der Waals surface area contributed by atoms with Crippen molar-refractivity contribution >= 4 is 29.1 Å². The molecule has 34 heavy (non-hydrogen) atoms. The Balaban J connectivity index is 1.48. The first-order valence-corrected chi connectivity index (χ1v) is 12.2. The van der Waals surface area contributed by atoms with Crippen LogP contribution in [0.15, 0.2) is 30.5 Å². The van der Waals surface area contributed by atoms with E-state index in [0.717, 1.165) is 44.7 Å². The molecule has 9 nitrogen and oxygen atoms in total. The van der Waals surface area contributed by atoms with Crippen LogP contribution in [0.2, 0.25) is 0 Å². The van der Waals surface area contributed by atoms with Crippen LogP contribution in [0.4, 0.5) is 17.3 Å². The largest absolute Gasteiger partial charge is 0.364 e. The number of rotatable bonds is 7. The molecule has 3 heterocycles. The predicted molar refractivity (Wildman–Crippen MR) is 133 cm³/mol. The Morgan fingerprint density at radius 2 is 1.85 bits per heavy atom. The molecule has 0 radical (unpaired) electrons. The van der Waals surface area contributed by atoms with Gasteiger partial charge in [-0.15, -0.1) is 0 Å². The number of carbonyl (C=O) groups is 2. The molecule has 4 N–H and O–H groups in total. The van der Waals surface area contributed by atoms with Gasteiger partial charge in [0.15, 0.2) is 11.5 Å². The van der Waals surface area contributed by atoms with Gasteiger partial charge in [-0.3, -0.25) is 9.59 Å². The lowest BCUT2D eigenvalue weighted by molar-refractivity contribution is -0.119. The molecule has 2 aromatic rings. The van der Waals surface area contributed by atoms with Crippen molar-refractivity contribution in [3.8, 4) is 0 Å². The van der Waals surface area contributed by atoms with E-state index in [9.17, 15) is 9.59 Å². The van der Waals surface area contributed by atoms with Crippen LogP contribution in [0.25, 0.3) is 0 Å². The lowest BCUT2D eigenvalue weighted by Gasteiger charge is -2.33. The zero-order valence-electron chi connectivity index (χ0n) is 20.1. The van der Waals surface area contributed by atoms with Crippen molar-refractivity contribution in [2.45, 2.75) is 51.5 Å². The van der Waals surface area contributed by atoms with Crippen LogP contribution in [0.3, 0.4) is 0 Å². The first-order chi connectivity index (χ1) is 16.4. The SMILES string of the molecule is CCN1CCC(c2ccc(Nc3nc(N4CCC[C@@H](NC(C)=O)C4)cnc3C(N)=O)cc2)CC1. The Morgan fingerprint density at radius 1 is 1.12 bits per heavy atom.